The van der Waals surface area contributed by atoms with Gasteiger partial charge < -0.3 is 5.11 Å². The Morgan fingerprint density at radius 2 is 2.42 bits per heavy atom. The van der Waals surface area contributed by atoms with Gasteiger partial charge in [0, 0.05) is 22.5 Å². The van der Waals surface area contributed by atoms with Crippen molar-refractivity contribution in [3.63, 3.8) is 0 Å². The summed E-state index contributed by atoms with van der Waals surface area (Å²) < 4.78 is 0. The lowest BCUT2D eigenvalue weighted by molar-refractivity contribution is 0.177. The van der Waals surface area contributed by atoms with Crippen molar-refractivity contribution in [2.24, 2.45) is 0 Å². The molecule has 0 aromatic rings. The Morgan fingerprint density at radius 3 is 2.92 bits per heavy atom. The van der Waals surface area contributed by atoms with E-state index in [1.807, 2.05) is 30.4 Å². The molecular weight excluding hydrogens is 188 g/mol. The van der Waals surface area contributed by atoms with Crippen molar-refractivity contribution in [2.45, 2.75) is 24.7 Å². The van der Waals surface area contributed by atoms with Gasteiger partial charge in [0.2, 0.25) is 0 Å². The van der Waals surface area contributed by atoms with E-state index in [0.29, 0.717) is 5.25 Å². The Morgan fingerprint density at radius 1 is 1.67 bits per heavy atom. The van der Waals surface area contributed by atoms with Crippen LogP contribution in [0.25, 0.3) is 0 Å². The predicted octanol–water partition coefficient (Wildman–Crippen LogP) is 2.16. The molecule has 0 aromatic carbocycles. The molecule has 1 fully saturated rings. The van der Waals surface area contributed by atoms with Gasteiger partial charge in [-0.3, -0.25) is 0 Å². The Kier molecular flexibility index (Phi) is 4.54. The third-order valence-corrected chi connectivity index (χ3v) is 4.73. The molecule has 0 bridgehead atoms. The highest BCUT2D eigenvalue weighted by molar-refractivity contribution is 8.06. The molecule has 0 aliphatic carbocycles. The molecule has 0 aromatic heterocycles. The molecule has 12 heavy (non-hydrogen) atoms. The first kappa shape index (κ1) is 10.5. The third-order valence-electron chi connectivity index (χ3n) is 1.83. The van der Waals surface area contributed by atoms with Crippen LogP contribution >= 0.6 is 23.5 Å². The summed E-state index contributed by atoms with van der Waals surface area (Å²) in [6.45, 7) is 5.79. The van der Waals surface area contributed by atoms with E-state index in [0.717, 1.165) is 17.7 Å². The number of thioether (sulfide) groups is 2. The number of rotatable bonds is 3. The maximum Gasteiger partial charge on any atom is 0.0703 e. The minimum Gasteiger partial charge on any atom is -0.392 e. The van der Waals surface area contributed by atoms with E-state index in [9.17, 15) is 5.11 Å². The molecule has 0 radical (unpaired) electrons. The zero-order chi connectivity index (χ0) is 8.97. The SMILES string of the molecule is C=C(C)CC(O)C1CSCCS1. The molecule has 0 amide bonds. The highest BCUT2D eigenvalue weighted by Crippen LogP contribution is 2.28. The van der Waals surface area contributed by atoms with Crippen LogP contribution in [0.2, 0.25) is 0 Å². The standard InChI is InChI=1S/C9H16OS2/c1-7(2)5-8(10)9-6-11-3-4-12-9/h8-10H,1,3-6H2,2H3. The van der Waals surface area contributed by atoms with Gasteiger partial charge in [0.1, 0.15) is 0 Å². The molecular formula is C9H16OS2. The van der Waals surface area contributed by atoms with Crippen LogP contribution in [0.15, 0.2) is 12.2 Å². The predicted molar refractivity (Wildman–Crippen MR) is 59.0 cm³/mol. The summed E-state index contributed by atoms with van der Waals surface area (Å²) in [7, 11) is 0. The van der Waals surface area contributed by atoms with Crippen LogP contribution in [0.4, 0.5) is 0 Å². The van der Waals surface area contributed by atoms with E-state index < -0.39 is 0 Å². The van der Waals surface area contributed by atoms with Crippen LogP contribution in [0.1, 0.15) is 13.3 Å². The molecule has 1 aliphatic rings. The van der Waals surface area contributed by atoms with Crippen LogP contribution in [-0.4, -0.2) is 33.7 Å². The maximum absolute atomic E-state index is 9.75. The molecule has 1 rings (SSSR count). The summed E-state index contributed by atoms with van der Waals surface area (Å²) in [5.74, 6) is 3.52. The van der Waals surface area contributed by atoms with Gasteiger partial charge in [0.15, 0.2) is 0 Å². The van der Waals surface area contributed by atoms with E-state index in [1.165, 1.54) is 11.5 Å². The van der Waals surface area contributed by atoms with Crippen LogP contribution in [0, 0.1) is 0 Å². The minimum atomic E-state index is -0.180. The first-order valence-electron chi connectivity index (χ1n) is 4.22. The second-order valence-electron chi connectivity index (χ2n) is 3.21. The Balaban J connectivity index is 2.29. The summed E-state index contributed by atoms with van der Waals surface area (Å²) in [4.78, 5) is 0. The van der Waals surface area contributed by atoms with Gasteiger partial charge in [-0.05, 0) is 13.3 Å². The Labute approximate surface area is 83.0 Å². The summed E-state index contributed by atoms with van der Waals surface area (Å²) in [6, 6.07) is 0. The quantitative estimate of drug-likeness (QED) is 0.712. The molecule has 0 spiro atoms. The maximum atomic E-state index is 9.75. The molecule has 2 atom stereocenters. The van der Waals surface area contributed by atoms with E-state index in [-0.39, 0.29) is 6.10 Å². The van der Waals surface area contributed by atoms with Crippen LogP contribution in [0.3, 0.4) is 0 Å². The summed E-state index contributed by atoms with van der Waals surface area (Å²) >= 11 is 3.85. The zero-order valence-corrected chi connectivity index (χ0v) is 9.09. The van der Waals surface area contributed by atoms with Crippen molar-refractivity contribution in [1.29, 1.82) is 0 Å². The molecule has 2 unspecified atom stereocenters. The van der Waals surface area contributed by atoms with E-state index in [2.05, 4.69) is 6.58 Å². The topological polar surface area (TPSA) is 20.2 Å². The van der Waals surface area contributed by atoms with E-state index in [4.69, 9.17) is 0 Å². The van der Waals surface area contributed by atoms with Crippen molar-refractivity contribution in [3.8, 4) is 0 Å². The van der Waals surface area contributed by atoms with Gasteiger partial charge in [-0.25, -0.2) is 0 Å². The number of hydrogen-bond acceptors (Lipinski definition) is 3. The van der Waals surface area contributed by atoms with Crippen molar-refractivity contribution in [2.75, 3.05) is 17.3 Å². The Bertz CT molecular complexity index is 153. The average molecular weight is 204 g/mol. The fourth-order valence-corrected chi connectivity index (χ4v) is 3.99. The van der Waals surface area contributed by atoms with Crippen LogP contribution in [0.5, 0.6) is 0 Å². The van der Waals surface area contributed by atoms with Gasteiger partial charge in [0.05, 0.1) is 6.10 Å². The van der Waals surface area contributed by atoms with Gasteiger partial charge in [-0.1, -0.05) is 5.57 Å². The molecule has 1 saturated heterocycles. The lowest BCUT2D eigenvalue weighted by Crippen LogP contribution is -2.28. The van der Waals surface area contributed by atoms with Crippen LogP contribution in [-0.2, 0) is 0 Å². The van der Waals surface area contributed by atoms with Gasteiger partial charge in [-0.15, -0.1) is 6.58 Å². The summed E-state index contributed by atoms with van der Waals surface area (Å²) in [5.41, 5.74) is 1.08. The average Bonchev–Trinajstić information content (AvgIpc) is 2.05. The molecule has 0 saturated carbocycles. The molecule has 70 valence electrons. The van der Waals surface area contributed by atoms with Crippen molar-refractivity contribution >= 4 is 23.5 Å². The molecule has 1 nitrogen and oxygen atoms in total. The highest BCUT2D eigenvalue weighted by Gasteiger charge is 2.22. The van der Waals surface area contributed by atoms with Crippen molar-refractivity contribution < 1.29 is 5.11 Å². The molecule has 1 N–H and O–H groups in total. The van der Waals surface area contributed by atoms with Crippen molar-refractivity contribution in [1.82, 2.24) is 0 Å². The zero-order valence-electron chi connectivity index (χ0n) is 7.45. The number of aliphatic hydroxyl groups is 1. The number of aliphatic hydroxyl groups excluding tert-OH is 1. The highest BCUT2D eigenvalue weighted by atomic mass is 32.2. The van der Waals surface area contributed by atoms with Crippen molar-refractivity contribution in [3.05, 3.63) is 12.2 Å². The number of hydrogen-bond donors (Lipinski definition) is 1. The minimum absolute atomic E-state index is 0.180. The third kappa shape index (κ3) is 3.42. The molecule has 3 heteroatoms. The fourth-order valence-electron chi connectivity index (χ4n) is 1.22. The largest absolute Gasteiger partial charge is 0.392 e. The second-order valence-corrected chi connectivity index (χ2v) is 5.71. The fraction of sp³-hybridized carbons (Fsp3) is 0.778. The Hall–Kier alpha value is 0.400. The molecule has 1 heterocycles. The summed E-state index contributed by atoms with van der Waals surface area (Å²) in [5, 5.41) is 10.2. The monoisotopic (exact) mass is 204 g/mol. The lowest BCUT2D eigenvalue weighted by Gasteiger charge is -2.25. The van der Waals surface area contributed by atoms with E-state index >= 15 is 0 Å². The normalized spacial score (nSPS) is 26.7. The first-order chi connectivity index (χ1) is 5.70. The van der Waals surface area contributed by atoms with Gasteiger partial charge in [0.25, 0.3) is 0 Å². The van der Waals surface area contributed by atoms with Gasteiger partial charge >= 0.3 is 0 Å². The second kappa shape index (κ2) is 5.20. The first-order valence-corrected chi connectivity index (χ1v) is 6.42. The van der Waals surface area contributed by atoms with Gasteiger partial charge in [-0.2, -0.15) is 23.5 Å². The van der Waals surface area contributed by atoms with E-state index in [1.54, 1.807) is 0 Å². The smallest absolute Gasteiger partial charge is 0.0703 e. The van der Waals surface area contributed by atoms with Crippen LogP contribution < -0.4 is 0 Å². The molecule has 1 aliphatic heterocycles. The lowest BCUT2D eigenvalue weighted by atomic mass is 10.1. The summed E-state index contributed by atoms with van der Waals surface area (Å²) in [6.07, 6.45) is 0.582.